The van der Waals surface area contributed by atoms with Crippen LogP contribution in [0.5, 0.6) is 11.5 Å². The minimum Gasteiger partial charge on any atom is -0.497 e. The van der Waals surface area contributed by atoms with Gasteiger partial charge in [-0.05, 0) is 19.9 Å². The first-order chi connectivity index (χ1) is 12.5. The lowest BCUT2D eigenvalue weighted by molar-refractivity contribution is -0.169. The molecule has 8 heteroatoms. The average molecular weight is 366 g/mol. The van der Waals surface area contributed by atoms with E-state index in [-0.39, 0.29) is 19.8 Å². The van der Waals surface area contributed by atoms with Gasteiger partial charge in [-0.2, -0.15) is 0 Å². The summed E-state index contributed by atoms with van der Waals surface area (Å²) in [6.07, 6.45) is 0. The monoisotopic (exact) mass is 366 g/mol. The lowest BCUT2D eigenvalue weighted by Gasteiger charge is -2.30. The highest BCUT2D eigenvalue weighted by molar-refractivity contribution is 6.02. The van der Waals surface area contributed by atoms with Crippen LogP contribution in [0.4, 0.5) is 0 Å². The molecule has 0 bridgehead atoms. The van der Waals surface area contributed by atoms with Crippen molar-refractivity contribution in [3.05, 3.63) is 23.3 Å². The van der Waals surface area contributed by atoms with Gasteiger partial charge in [0.25, 0.3) is 0 Å². The van der Waals surface area contributed by atoms with E-state index < -0.39 is 29.7 Å². The molecule has 1 aliphatic rings. The van der Waals surface area contributed by atoms with E-state index in [9.17, 15) is 14.4 Å². The third-order valence-electron chi connectivity index (χ3n) is 4.01. The highest BCUT2D eigenvalue weighted by Crippen LogP contribution is 2.42. The van der Waals surface area contributed by atoms with Gasteiger partial charge in [0.15, 0.2) is 5.92 Å². The van der Waals surface area contributed by atoms with E-state index in [1.807, 2.05) is 0 Å². The molecule has 1 atom stereocenters. The third-order valence-corrected chi connectivity index (χ3v) is 4.01. The maximum absolute atomic E-state index is 12.5. The van der Waals surface area contributed by atoms with Gasteiger partial charge in [0.2, 0.25) is 0 Å². The van der Waals surface area contributed by atoms with Crippen LogP contribution in [0.1, 0.15) is 30.9 Å². The van der Waals surface area contributed by atoms with Crippen LogP contribution in [-0.2, 0) is 35.2 Å². The number of ether oxygens (including phenoxy) is 5. The Morgan fingerprint density at radius 1 is 1.12 bits per heavy atom. The lowest BCUT2D eigenvalue weighted by Crippen LogP contribution is -2.40. The summed E-state index contributed by atoms with van der Waals surface area (Å²) in [5.41, 5.74) is 0.986. The predicted molar refractivity (Wildman–Crippen MR) is 88.8 cm³/mol. The molecule has 0 fully saturated rings. The van der Waals surface area contributed by atoms with Crippen LogP contribution in [0.25, 0.3) is 0 Å². The Labute approximate surface area is 151 Å². The Bertz CT molecular complexity index is 661. The number of cyclic esters (lactones) is 1. The topological polar surface area (TPSA) is 97.4 Å². The molecule has 1 aliphatic heterocycles. The molecular formula is C18H22O8. The van der Waals surface area contributed by atoms with Crippen molar-refractivity contribution in [1.29, 1.82) is 0 Å². The summed E-state index contributed by atoms with van der Waals surface area (Å²) >= 11 is 0. The molecule has 0 spiro atoms. The molecule has 1 aromatic carbocycles. The predicted octanol–water partition coefficient (Wildman–Crippen LogP) is 1.59. The molecule has 0 aliphatic carbocycles. The van der Waals surface area contributed by atoms with Gasteiger partial charge in [0, 0.05) is 17.2 Å². The second-order valence-electron chi connectivity index (χ2n) is 5.47. The van der Waals surface area contributed by atoms with Crippen LogP contribution >= 0.6 is 0 Å². The van der Waals surface area contributed by atoms with Crippen molar-refractivity contribution in [3.63, 3.8) is 0 Å². The smallest absolute Gasteiger partial charge is 0.321 e. The van der Waals surface area contributed by atoms with Gasteiger partial charge in [-0.25, -0.2) is 0 Å². The largest absolute Gasteiger partial charge is 0.497 e. The summed E-state index contributed by atoms with van der Waals surface area (Å²) in [6, 6.07) is 3.25. The second-order valence-corrected chi connectivity index (χ2v) is 5.47. The molecule has 0 aromatic heterocycles. The number of esters is 3. The van der Waals surface area contributed by atoms with Crippen LogP contribution in [0, 0.1) is 5.92 Å². The molecule has 8 nitrogen and oxygen atoms in total. The number of carbonyl (C=O) groups is 3. The van der Waals surface area contributed by atoms with Gasteiger partial charge in [0.1, 0.15) is 24.0 Å². The van der Waals surface area contributed by atoms with Crippen molar-refractivity contribution in [1.82, 2.24) is 0 Å². The molecule has 0 radical (unpaired) electrons. The van der Waals surface area contributed by atoms with Gasteiger partial charge in [-0.1, -0.05) is 0 Å². The number of carbonyl (C=O) groups excluding carboxylic acids is 3. The zero-order valence-electron chi connectivity index (χ0n) is 15.2. The fourth-order valence-electron chi connectivity index (χ4n) is 2.91. The Balaban J connectivity index is 2.60. The number of benzene rings is 1. The molecule has 0 saturated heterocycles. The first-order valence-electron chi connectivity index (χ1n) is 8.23. The Morgan fingerprint density at radius 2 is 1.73 bits per heavy atom. The number of rotatable bonds is 7. The first kappa shape index (κ1) is 19.6. The fraction of sp³-hybridized carbons (Fsp3) is 0.500. The molecule has 1 heterocycles. The summed E-state index contributed by atoms with van der Waals surface area (Å²) in [5.74, 6) is -4.30. The normalized spacial score (nSPS) is 15.7. The number of hydrogen-bond acceptors (Lipinski definition) is 8. The number of hydrogen-bond donors (Lipinski definition) is 0. The summed E-state index contributed by atoms with van der Waals surface area (Å²) in [7, 11) is 2.92. The molecule has 1 unspecified atom stereocenters. The van der Waals surface area contributed by atoms with Gasteiger partial charge < -0.3 is 23.7 Å². The maximum atomic E-state index is 12.5. The van der Waals surface area contributed by atoms with E-state index in [1.165, 1.54) is 14.2 Å². The van der Waals surface area contributed by atoms with E-state index in [2.05, 4.69) is 0 Å². The third kappa shape index (κ3) is 3.74. The summed E-state index contributed by atoms with van der Waals surface area (Å²) in [4.78, 5) is 37.4. The van der Waals surface area contributed by atoms with Crippen molar-refractivity contribution >= 4 is 17.9 Å². The van der Waals surface area contributed by atoms with Crippen LogP contribution < -0.4 is 9.47 Å². The van der Waals surface area contributed by atoms with E-state index >= 15 is 0 Å². The molecule has 2 rings (SSSR count). The van der Waals surface area contributed by atoms with E-state index in [4.69, 9.17) is 23.7 Å². The molecule has 1 aromatic rings. The highest BCUT2D eigenvalue weighted by atomic mass is 16.6. The van der Waals surface area contributed by atoms with Crippen LogP contribution in [0.3, 0.4) is 0 Å². The quantitative estimate of drug-likeness (QED) is 0.408. The molecule has 26 heavy (non-hydrogen) atoms. The van der Waals surface area contributed by atoms with Crippen LogP contribution in [0.2, 0.25) is 0 Å². The van der Waals surface area contributed by atoms with Gasteiger partial charge in [0.05, 0.1) is 27.4 Å². The highest BCUT2D eigenvalue weighted by Gasteiger charge is 2.47. The second kappa shape index (κ2) is 8.55. The maximum Gasteiger partial charge on any atom is 0.321 e. The summed E-state index contributed by atoms with van der Waals surface area (Å²) < 4.78 is 25.8. The molecule has 0 amide bonds. The van der Waals surface area contributed by atoms with Crippen molar-refractivity contribution in [2.45, 2.75) is 26.4 Å². The van der Waals surface area contributed by atoms with Crippen molar-refractivity contribution in [2.24, 2.45) is 5.92 Å². The van der Waals surface area contributed by atoms with E-state index in [0.29, 0.717) is 22.6 Å². The van der Waals surface area contributed by atoms with Gasteiger partial charge in [-0.15, -0.1) is 0 Å². The average Bonchev–Trinajstić information content (AvgIpc) is 2.63. The van der Waals surface area contributed by atoms with Crippen LogP contribution in [0.15, 0.2) is 12.1 Å². The first-order valence-corrected chi connectivity index (χ1v) is 8.23. The molecule has 142 valence electrons. The zero-order valence-corrected chi connectivity index (χ0v) is 15.2. The van der Waals surface area contributed by atoms with Crippen molar-refractivity contribution in [2.75, 3.05) is 27.4 Å². The Morgan fingerprint density at radius 3 is 2.23 bits per heavy atom. The molecular weight excluding hydrogens is 344 g/mol. The molecule has 0 N–H and O–H groups in total. The number of fused-ring (bicyclic) bond motifs is 1. The lowest BCUT2D eigenvalue weighted by atomic mass is 9.81. The Hall–Kier alpha value is -2.77. The SMILES string of the molecule is CCOC(=O)C(C(=O)OCC)C1C(=O)OCc2cc(OC)cc(OC)c21. The number of methoxy groups -OCH3 is 2. The van der Waals surface area contributed by atoms with E-state index in [1.54, 1.807) is 26.0 Å². The van der Waals surface area contributed by atoms with Gasteiger partial charge >= 0.3 is 17.9 Å². The van der Waals surface area contributed by atoms with Gasteiger partial charge in [-0.3, -0.25) is 14.4 Å². The van der Waals surface area contributed by atoms with Crippen molar-refractivity contribution in [3.8, 4) is 11.5 Å². The minimum atomic E-state index is -1.48. The molecule has 0 saturated carbocycles. The standard InChI is InChI=1S/C18H22O8/c1-5-24-17(20)15(18(21)25-6-2)14-13-10(9-26-16(14)19)7-11(22-3)8-12(13)23-4/h7-8,14-15H,5-6,9H2,1-4H3. The summed E-state index contributed by atoms with van der Waals surface area (Å²) in [5, 5.41) is 0. The van der Waals surface area contributed by atoms with E-state index in [0.717, 1.165) is 0 Å². The fourth-order valence-corrected chi connectivity index (χ4v) is 2.91. The Kier molecular flexibility index (Phi) is 6.43. The van der Waals surface area contributed by atoms with Crippen molar-refractivity contribution < 1.29 is 38.1 Å². The zero-order chi connectivity index (χ0) is 19.3. The minimum absolute atomic E-state index is 0.0173. The summed E-state index contributed by atoms with van der Waals surface area (Å²) in [6.45, 7) is 3.32. The van der Waals surface area contributed by atoms with Crippen LogP contribution in [-0.4, -0.2) is 45.3 Å².